The smallest absolute Gasteiger partial charge is 0.0432 e. The predicted molar refractivity (Wildman–Crippen MR) is 92.9 cm³/mol. The summed E-state index contributed by atoms with van der Waals surface area (Å²) in [5, 5.41) is 0. The molecule has 0 atom stereocenters. The molecule has 0 spiro atoms. The van der Waals surface area contributed by atoms with Crippen molar-refractivity contribution in [1.29, 1.82) is 0 Å². The highest BCUT2D eigenvalue weighted by atomic mass is 14.6. The van der Waals surface area contributed by atoms with Gasteiger partial charge in [0.25, 0.3) is 0 Å². The Morgan fingerprint density at radius 3 is 2.81 bits per heavy atom. The lowest BCUT2D eigenvalue weighted by Crippen LogP contribution is -2.03. The Bertz CT molecular complexity index is 624. The average Bonchev–Trinajstić information content (AvgIpc) is 2.51. The first-order chi connectivity index (χ1) is 10.3. The van der Waals surface area contributed by atoms with Crippen molar-refractivity contribution in [2.45, 2.75) is 39.0 Å². The Hall–Kier alpha value is -2.20. The molecule has 0 amide bonds. The van der Waals surface area contributed by atoms with Gasteiger partial charge in [-0.25, -0.2) is 0 Å². The van der Waals surface area contributed by atoms with Crippen LogP contribution in [0.25, 0.3) is 6.08 Å². The molecule has 1 aliphatic carbocycles. The van der Waals surface area contributed by atoms with Gasteiger partial charge in [0.1, 0.15) is 0 Å². The van der Waals surface area contributed by atoms with Gasteiger partial charge in [-0.3, -0.25) is 0 Å². The van der Waals surface area contributed by atoms with Crippen molar-refractivity contribution in [3.8, 4) is 12.3 Å². The van der Waals surface area contributed by atoms with Crippen molar-refractivity contribution in [1.82, 2.24) is 0 Å². The fourth-order valence-corrected chi connectivity index (χ4v) is 2.73. The number of hydrogen-bond donors (Lipinski definition) is 1. The SMILES string of the molecule is C#CCc1c(CCC2=CCCC=C2)ccc(/C=C/C)c1N. The molecule has 0 aromatic heterocycles. The third-order valence-electron chi connectivity index (χ3n) is 3.87. The monoisotopic (exact) mass is 277 g/mol. The molecule has 0 fully saturated rings. The summed E-state index contributed by atoms with van der Waals surface area (Å²) in [7, 11) is 0. The number of hydrogen-bond acceptors (Lipinski definition) is 1. The summed E-state index contributed by atoms with van der Waals surface area (Å²) in [5.74, 6) is 2.74. The number of benzene rings is 1. The number of aryl methyl sites for hydroxylation is 1. The Kier molecular flexibility index (Phi) is 5.46. The Labute approximate surface area is 128 Å². The molecule has 1 aliphatic rings. The fourth-order valence-electron chi connectivity index (χ4n) is 2.73. The fraction of sp³-hybridized carbons (Fsp3) is 0.300. The second kappa shape index (κ2) is 7.55. The zero-order valence-electron chi connectivity index (χ0n) is 12.7. The highest BCUT2D eigenvalue weighted by Crippen LogP contribution is 2.26. The van der Waals surface area contributed by atoms with E-state index in [0.717, 1.165) is 42.5 Å². The van der Waals surface area contributed by atoms with Crippen LogP contribution < -0.4 is 5.73 Å². The van der Waals surface area contributed by atoms with E-state index in [1.165, 1.54) is 11.1 Å². The van der Waals surface area contributed by atoms with Crippen LogP contribution in [0.4, 0.5) is 5.69 Å². The molecule has 1 nitrogen and oxygen atoms in total. The zero-order chi connectivity index (χ0) is 15.1. The first-order valence-corrected chi connectivity index (χ1v) is 7.58. The lowest BCUT2D eigenvalue weighted by molar-refractivity contribution is 0.911. The van der Waals surface area contributed by atoms with Crippen molar-refractivity contribution in [2.24, 2.45) is 0 Å². The number of allylic oxidation sites excluding steroid dienone is 5. The summed E-state index contributed by atoms with van der Waals surface area (Å²) in [5.41, 5.74) is 12.0. The van der Waals surface area contributed by atoms with Gasteiger partial charge in [0.15, 0.2) is 0 Å². The van der Waals surface area contributed by atoms with Crippen LogP contribution in [0.2, 0.25) is 0 Å². The molecule has 0 unspecified atom stereocenters. The van der Waals surface area contributed by atoms with Crippen LogP contribution in [0.1, 0.15) is 42.9 Å². The highest BCUT2D eigenvalue weighted by Gasteiger charge is 2.09. The van der Waals surface area contributed by atoms with Crippen molar-refractivity contribution in [2.75, 3.05) is 5.73 Å². The van der Waals surface area contributed by atoms with E-state index >= 15 is 0 Å². The first-order valence-electron chi connectivity index (χ1n) is 7.58. The summed E-state index contributed by atoms with van der Waals surface area (Å²) in [6, 6.07) is 4.27. The summed E-state index contributed by atoms with van der Waals surface area (Å²) in [4.78, 5) is 0. The van der Waals surface area contributed by atoms with Gasteiger partial charge in [0.2, 0.25) is 0 Å². The van der Waals surface area contributed by atoms with Gasteiger partial charge in [-0.2, -0.15) is 0 Å². The molecular weight excluding hydrogens is 254 g/mol. The number of anilines is 1. The molecule has 108 valence electrons. The topological polar surface area (TPSA) is 26.0 Å². The molecule has 0 heterocycles. The average molecular weight is 277 g/mol. The third kappa shape index (κ3) is 3.89. The standard InChI is InChI=1S/C20H23N/c1-3-8-18-15-14-17(19(9-4-2)20(18)21)13-12-16-10-6-5-7-11-16/h2-3,6,8,10-11,14-15H,5,7,9,12-13,21H2,1H3/b8-3+. The maximum absolute atomic E-state index is 6.29. The third-order valence-corrected chi connectivity index (χ3v) is 3.87. The molecule has 2 rings (SSSR count). The predicted octanol–water partition coefficient (Wildman–Crippen LogP) is 4.69. The van der Waals surface area contributed by atoms with Crippen molar-refractivity contribution in [3.63, 3.8) is 0 Å². The minimum atomic E-state index is 0.599. The lowest BCUT2D eigenvalue weighted by atomic mass is 9.93. The van der Waals surface area contributed by atoms with E-state index < -0.39 is 0 Å². The van der Waals surface area contributed by atoms with Crippen molar-refractivity contribution < 1.29 is 0 Å². The maximum Gasteiger partial charge on any atom is 0.0432 e. The maximum atomic E-state index is 6.29. The van der Waals surface area contributed by atoms with E-state index in [0.29, 0.717) is 6.42 Å². The normalized spacial score (nSPS) is 14.2. The minimum Gasteiger partial charge on any atom is -0.398 e. The summed E-state index contributed by atoms with van der Waals surface area (Å²) < 4.78 is 0. The number of nitrogen functional groups attached to an aromatic ring is 1. The molecule has 1 aromatic carbocycles. The largest absolute Gasteiger partial charge is 0.398 e. The van der Waals surface area contributed by atoms with Crippen LogP contribution in [0.15, 0.2) is 42.0 Å². The molecule has 1 aromatic rings. The van der Waals surface area contributed by atoms with E-state index in [-0.39, 0.29) is 0 Å². The van der Waals surface area contributed by atoms with E-state index in [1.807, 2.05) is 19.1 Å². The molecule has 0 saturated heterocycles. The second-order valence-corrected chi connectivity index (χ2v) is 5.35. The molecule has 2 N–H and O–H groups in total. The van der Waals surface area contributed by atoms with Crippen molar-refractivity contribution >= 4 is 11.8 Å². The highest BCUT2D eigenvalue weighted by molar-refractivity contribution is 5.69. The zero-order valence-corrected chi connectivity index (χ0v) is 12.7. The molecule has 21 heavy (non-hydrogen) atoms. The van der Waals surface area contributed by atoms with Gasteiger partial charge >= 0.3 is 0 Å². The van der Waals surface area contributed by atoms with E-state index in [4.69, 9.17) is 12.2 Å². The number of terminal acetylenes is 1. The van der Waals surface area contributed by atoms with Crippen LogP contribution in [0.3, 0.4) is 0 Å². The Morgan fingerprint density at radius 2 is 2.14 bits per heavy atom. The summed E-state index contributed by atoms with van der Waals surface area (Å²) >= 11 is 0. The van der Waals surface area contributed by atoms with Crippen LogP contribution in [0, 0.1) is 12.3 Å². The van der Waals surface area contributed by atoms with Crippen LogP contribution in [-0.2, 0) is 12.8 Å². The molecule has 1 heteroatoms. The molecule has 0 saturated carbocycles. The quantitative estimate of drug-likeness (QED) is 0.613. The van der Waals surface area contributed by atoms with Crippen LogP contribution in [0.5, 0.6) is 0 Å². The molecule has 0 radical (unpaired) electrons. The number of rotatable bonds is 5. The molecule has 0 bridgehead atoms. The number of nitrogens with two attached hydrogens (primary N) is 1. The summed E-state index contributed by atoms with van der Waals surface area (Å²) in [6.45, 7) is 2.00. The van der Waals surface area contributed by atoms with E-state index in [2.05, 4.69) is 36.3 Å². The van der Waals surface area contributed by atoms with Gasteiger partial charge in [0.05, 0.1) is 0 Å². The minimum absolute atomic E-state index is 0.599. The first kappa shape index (κ1) is 15.2. The Morgan fingerprint density at radius 1 is 1.29 bits per heavy atom. The van der Waals surface area contributed by atoms with Crippen LogP contribution >= 0.6 is 0 Å². The molecular formula is C20H23N. The van der Waals surface area contributed by atoms with Gasteiger partial charge in [0, 0.05) is 12.1 Å². The van der Waals surface area contributed by atoms with E-state index in [9.17, 15) is 0 Å². The Balaban J connectivity index is 2.22. The summed E-state index contributed by atoms with van der Waals surface area (Å²) in [6.07, 6.45) is 21.3. The van der Waals surface area contributed by atoms with Gasteiger partial charge in [-0.05, 0) is 49.3 Å². The van der Waals surface area contributed by atoms with Gasteiger partial charge < -0.3 is 5.73 Å². The van der Waals surface area contributed by atoms with Crippen molar-refractivity contribution in [3.05, 3.63) is 58.7 Å². The van der Waals surface area contributed by atoms with Crippen LogP contribution in [-0.4, -0.2) is 0 Å². The molecule has 0 aliphatic heterocycles. The van der Waals surface area contributed by atoms with Gasteiger partial charge in [-0.1, -0.05) is 48.1 Å². The lowest BCUT2D eigenvalue weighted by Gasteiger charge is -2.14. The van der Waals surface area contributed by atoms with E-state index in [1.54, 1.807) is 0 Å². The van der Waals surface area contributed by atoms with Gasteiger partial charge in [-0.15, -0.1) is 12.3 Å². The second-order valence-electron chi connectivity index (χ2n) is 5.35.